The Labute approximate surface area is 197 Å². The fraction of sp³-hybridized carbons (Fsp3) is 0.304. The molecule has 11 heteroatoms. The molecule has 4 rings (SSSR count). The van der Waals surface area contributed by atoms with Crippen molar-refractivity contribution in [2.45, 2.75) is 44.1 Å². The van der Waals surface area contributed by atoms with E-state index in [0.29, 0.717) is 16.1 Å². The number of carbonyl (C=O) groups is 4. The molecule has 1 saturated heterocycles. The number of hydrogen-bond acceptors (Lipinski definition) is 4. The molecule has 0 spiro atoms. The van der Waals surface area contributed by atoms with E-state index in [0.717, 1.165) is 0 Å². The van der Waals surface area contributed by atoms with Crippen LogP contribution in [0.2, 0.25) is 5.02 Å². The maximum Gasteiger partial charge on any atom is 0.391 e. The summed E-state index contributed by atoms with van der Waals surface area (Å²) in [6.07, 6.45) is -5.50. The summed E-state index contributed by atoms with van der Waals surface area (Å²) >= 11 is 5.82. The number of rotatable bonds is 5. The van der Waals surface area contributed by atoms with E-state index >= 15 is 0 Å². The Kier molecular flexibility index (Phi) is 6.35. The molecular weight excluding hydrogens is 475 g/mol. The monoisotopic (exact) mass is 493 g/mol. The molecule has 2 aliphatic rings. The molecule has 2 aliphatic heterocycles. The summed E-state index contributed by atoms with van der Waals surface area (Å²) in [4.78, 5) is 50.5. The van der Waals surface area contributed by atoms with Gasteiger partial charge in [-0.1, -0.05) is 23.7 Å². The van der Waals surface area contributed by atoms with E-state index in [9.17, 15) is 32.3 Å². The van der Waals surface area contributed by atoms with E-state index in [2.05, 4.69) is 10.6 Å². The normalized spacial score (nSPS) is 19.0. The predicted molar refractivity (Wildman–Crippen MR) is 115 cm³/mol. The number of halogens is 4. The van der Waals surface area contributed by atoms with Gasteiger partial charge in [0.25, 0.3) is 11.8 Å². The number of fused-ring (bicyclic) bond motifs is 1. The minimum atomic E-state index is -4.52. The van der Waals surface area contributed by atoms with Crippen molar-refractivity contribution in [1.82, 2.24) is 15.5 Å². The lowest BCUT2D eigenvalue weighted by Crippen LogP contribution is -2.52. The summed E-state index contributed by atoms with van der Waals surface area (Å²) in [6.45, 7) is 0.0464. The molecular formula is C23H19ClF3N3O4. The molecule has 2 N–H and O–H groups in total. The number of piperidine rings is 1. The highest BCUT2D eigenvalue weighted by Gasteiger charge is 2.39. The standard InChI is InChI=1S/C23H19ClF3N3O4/c24-15-4-1-12(2-5-15)17(10-23(25,26)27)28-20(32)13-3-6-16-14(9-13)11-30(22(16)34)18-7-8-19(31)29-21(18)33/h1-6,9,17-18H,7-8,10-11H2,(H,28,32)(H,29,31,33). The number of carbonyl (C=O) groups excluding carboxylic acids is 4. The van der Waals surface area contributed by atoms with Crippen LogP contribution in [0.25, 0.3) is 0 Å². The Bertz CT molecular complexity index is 1170. The zero-order valence-corrected chi connectivity index (χ0v) is 18.4. The summed E-state index contributed by atoms with van der Waals surface area (Å²) in [6, 6.07) is 7.77. The molecule has 7 nitrogen and oxygen atoms in total. The molecule has 2 heterocycles. The Morgan fingerprint density at radius 2 is 1.85 bits per heavy atom. The number of hydrogen-bond donors (Lipinski definition) is 2. The van der Waals surface area contributed by atoms with E-state index < -0.39 is 48.3 Å². The van der Waals surface area contributed by atoms with Crippen molar-refractivity contribution >= 4 is 35.2 Å². The molecule has 2 unspecified atom stereocenters. The molecule has 0 radical (unpaired) electrons. The number of alkyl halides is 3. The predicted octanol–water partition coefficient (Wildman–Crippen LogP) is 3.52. The van der Waals surface area contributed by atoms with Crippen molar-refractivity contribution in [2.75, 3.05) is 0 Å². The quantitative estimate of drug-likeness (QED) is 0.623. The molecule has 0 bridgehead atoms. The van der Waals surface area contributed by atoms with E-state index in [-0.39, 0.29) is 30.5 Å². The fourth-order valence-corrected chi connectivity index (χ4v) is 4.26. The highest BCUT2D eigenvalue weighted by atomic mass is 35.5. The van der Waals surface area contributed by atoms with Crippen molar-refractivity contribution in [1.29, 1.82) is 0 Å². The molecule has 2 aromatic carbocycles. The molecule has 1 fully saturated rings. The van der Waals surface area contributed by atoms with Gasteiger partial charge in [-0.3, -0.25) is 24.5 Å². The minimum Gasteiger partial charge on any atom is -0.345 e. The zero-order chi connectivity index (χ0) is 24.6. The van der Waals surface area contributed by atoms with Crippen molar-refractivity contribution in [3.8, 4) is 0 Å². The Balaban J connectivity index is 1.53. The second-order valence-corrected chi connectivity index (χ2v) is 8.61. The van der Waals surface area contributed by atoms with Crippen LogP contribution in [-0.4, -0.2) is 40.7 Å². The average Bonchev–Trinajstić information content (AvgIpc) is 3.08. The van der Waals surface area contributed by atoms with Crippen LogP contribution >= 0.6 is 11.6 Å². The van der Waals surface area contributed by atoms with Gasteiger partial charge in [-0.2, -0.15) is 13.2 Å². The second-order valence-electron chi connectivity index (χ2n) is 8.17. The van der Waals surface area contributed by atoms with Gasteiger partial charge in [-0.15, -0.1) is 0 Å². The Morgan fingerprint density at radius 3 is 2.50 bits per heavy atom. The van der Waals surface area contributed by atoms with E-state index in [1.165, 1.54) is 47.4 Å². The zero-order valence-electron chi connectivity index (χ0n) is 17.6. The molecule has 178 valence electrons. The van der Waals surface area contributed by atoms with Crippen LogP contribution in [0.3, 0.4) is 0 Å². The first-order valence-corrected chi connectivity index (χ1v) is 10.8. The minimum absolute atomic E-state index is 0.0464. The lowest BCUT2D eigenvalue weighted by atomic mass is 10.0. The maximum atomic E-state index is 13.1. The van der Waals surface area contributed by atoms with Gasteiger partial charge in [0.05, 0.1) is 12.5 Å². The van der Waals surface area contributed by atoms with Gasteiger partial charge in [0.2, 0.25) is 11.8 Å². The molecule has 2 atom stereocenters. The van der Waals surface area contributed by atoms with Gasteiger partial charge in [-0.05, 0) is 47.9 Å². The molecule has 34 heavy (non-hydrogen) atoms. The third kappa shape index (κ3) is 5.06. The Hall–Kier alpha value is -3.40. The van der Waals surface area contributed by atoms with Gasteiger partial charge in [0, 0.05) is 29.1 Å². The lowest BCUT2D eigenvalue weighted by molar-refractivity contribution is -0.140. The first-order valence-electron chi connectivity index (χ1n) is 10.4. The van der Waals surface area contributed by atoms with Gasteiger partial charge >= 0.3 is 6.18 Å². The fourth-order valence-electron chi connectivity index (χ4n) is 4.14. The summed E-state index contributed by atoms with van der Waals surface area (Å²) in [5, 5.41) is 4.97. The molecule has 0 aromatic heterocycles. The first kappa shape index (κ1) is 23.7. The third-order valence-electron chi connectivity index (χ3n) is 5.80. The Morgan fingerprint density at radius 1 is 1.15 bits per heavy atom. The topological polar surface area (TPSA) is 95.6 Å². The van der Waals surface area contributed by atoms with Crippen LogP contribution in [-0.2, 0) is 16.1 Å². The summed E-state index contributed by atoms with van der Waals surface area (Å²) in [5.74, 6) is -2.11. The highest BCUT2D eigenvalue weighted by Crippen LogP contribution is 2.31. The van der Waals surface area contributed by atoms with E-state index in [1.54, 1.807) is 0 Å². The van der Waals surface area contributed by atoms with Crippen LogP contribution in [0.1, 0.15) is 57.1 Å². The highest BCUT2D eigenvalue weighted by molar-refractivity contribution is 6.30. The van der Waals surface area contributed by atoms with Crippen LogP contribution in [0.4, 0.5) is 13.2 Å². The second kappa shape index (κ2) is 9.09. The maximum absolute atomic E-state index is 13.1. The average molecular weight is 494 g/mol. The number of nitrogens with one attached hydrogen (secondary N) is 2. The third-order valence-corrected chi connectivity index (χ3v) is 6.05. The van der Waals surface area contributed by atoms with Crippen LogP contribution in [0, 0.1) is 0 Å². The number of amides is 4. The van der Waals surface area contributed by atoms with Gasteiger partial charge in [0.1, 0.15) is 6.04 Å². The van der Waals surface area contributed by atoms with Crippen LogP contribution in [0.15, 0.2) is 42.5 Å². The van der Waals surface area contributed by atoms with Gasteiger partial charge in [0.15, 0.2) is 0 Å². The van der Waals surface area contributed by atoms with Crippen molar-refractivity contribution in [3.05, 3.63) is 69.7 Å². The molecule has 0 saturated carbocycles. The van der Waals surface area contributed by atoms with Gasteiger partial charge in [-0.25, -0.2) is 0 Å². The van der Waals surface area contributed by atoms with E-state index in [4.69, 9.17) is 11.6 Å². The molecule has 2 aromatic rings. The smallest absolute Gasteiger partial charge is 0.345 e. The summed E-state index contributed by atoms with van der Waals surface area (Å²) < 4.78 is 39.4. The van der Waals surface area contributed by atoms with Crippen LogP contribution in [0.5, 0.6) is 0 Å². The van der Waals surface area contributed by atoms with Crippen molar-refractivity contribution in [2.24, 2.45) is 0 Å². The molecule has 4 amide bonds. The number of imide groups is 1. The van der Waals surface area contributed by atoms with Crippen molar-refractivity contribution in [3.63, 3.8) is 0 Å². The largest absolute Gasteiger partial charge is 0.391 e. The summed E-state index contributed by atoms with van der Waals surface area (Å²) in [7, 11) is 0. The lowest BCUT2D eigenvalue weighted by Gasteiger charge is -2.29. The summed E-state index contributed by atoms with van der Waals surface area (Å²) in [5.41, 5.74) is 1.10. The SMILES string of the molecule is O=C1CCC(N2Cc3cc(C(=O)NC(CC(F)(F)F)c4ccc(Cl)cc4)ccc3C2=O)C(=O)N1. The number of nitrogens with zero attached hydrogens (tertiary/aromatic N) is 1. The first-order chi connectivity index (χ1) is 16.0. The van der Waals surface area contributed by atoms with Crippen LogP contribution < -0.4 is 10.6 Å². The molecule has 0 aliphatic carbocycles. The number of benzene rings is 2. The van der Waals surface area contributed by atoms with Gasteiger partial charge < -0.3 is 10.2 Å². The van der Waals surface area contributed by atoms with Crippen molar-refractivity contribution < 1.29 is 32.3 Å². The van der Waals surface area contributed by atoms with E-state index in [1.807, 2.05) is 0 Å².